The Balaban J connectivity index is 1.78. The van der Waals surface area contributed by atoms with Crippen LogP contribution >= 0.6 is 11.6 Å². The first-order valence-corrected chi connectivity index (χ1v) is 12.7. The smallest absolute Gasteiger partial charge is 0.337 e. The predicted molar refractivity (Wildman–Crippen MR) is 125 cm³/mol. The second-order valence-corrected chi connectivity index (χ2v) is 10.2. The van der Waals surface area contributed by atoms with Crippen molar-refractivity contribution in [1.82, 2.24) is 4.31 Å². The minimum atomic E-state index is -3.90. The van der Waals surface area contributed by atoms with Crippen molar-refractivity contribution in [3.05, 3.63) is 64.7 Å². The zero-order valence-electron chi connectivity index (χ0n) is 18.7. The van der Waals surface area contributed by atoms with Gasteiger partial charge in [0.2, 0.25) is 10.0 Å². The normalized spacial score (nSPS) is 16.2. The van der Waals surface area contributed by atoms with Crippen LogP contribution in [-0.4, -0.2) is 51.5 Å². The summed E-state index contributed by atoms with van der Waals surface area (Å²) >= 11 is 6.18. The number of hydrogen-bond donors (Lipinski definition) is 0. The first kappa shape index (κ1) is 25.2. The number of carbonyl (C=O) groups is 2. The average molecular weight is 494 g/mol. The number of benzene rings is 2. The number of nitrogens with zero attached hydrogens (tertiary/aromatic N) is 1. The van der Waals surface area contributed by atoms with Gasteiger partial charge in [0.05, 0.1) is 30.7 Å². The van der Waals surface area contributed by atoms with Gasteiger partial charge in [-0.3, -0.25) is 4.79 Å². The molecule has 33 heavy (non-hydrogen) atoms. The molecule has 0 aromatic heterocycles. The minimum absolute atomic E-state index is 0.0502. The summed E-state index contributed by atoms with van der Waals surface area (Å²) in [5, 5.41) is 0.0502. The molecule has 0 aliphatic carbocycles. The van der Waals surface area contributed by atoms with Gasteiger partial charge in [0.1, 0.15) is 4.90 Å². The van der Waals surface area contributed by atoms with Gasteiger partial charge in [-0.2, -0.15) is 4.31 Å². The van der Waals surface area contributed by atoms with Gasteiger partial charge in [-0.1, -0.05) is 41.9 Å². The molecule has 7 nitrogen and oxygen atoms in total. The molecular formula is C24H28ClNO6S. The van der Waals surface area contributed by atoms with Gasteiger partial charge < -0.3 is 9.47 Å². The Labute approximate surface area is 199 Å². The number of rotatable bonds is 8. The molecule has 3 rings (SSSR count). The Morgan fingerprint density at radius 1 is 1.12 bits per heavy atom. The van der Waals surface area contributed by atoms with Crippen LogP contribution in [0.5, 0.6) is 0 Å². The van der Waals surface area contributed by atoms with Gasteiger partial charge in [-0.15, -0.1) is 0 Å². The Morgan fingerprint density at radius 2 is 1.79 bits per heavy atom. The minimum Gasteiger partial charge on any atom is -0.466 e. The standard InChI is InChI=1S/C24H28ClNO6S/c1-3-32-23(27)16-20(17-7-5-4-6-8-17)18-11-13-26(14-12-18)33(29,30)22-15-19(24(28)31-2)9-10-21(22)25/h4-10,15,18,20H,3,11-14,16H2,1-2H3. The van der Waals surface area contributed by atoms with Crippen LogP contribution in [-0.2, 0) is 24.3 Å². The van der Waals surface area contributed by atoms with Crippen LogP contribution in [0.4, 0.5) is 0 Å². The van der Waals surface area contributed by atoms with Crippen molar-refractivity contribution >= 4 is 33.6 Å². The molecule has 2 aromatic rings. The molecule has 1 unspecified atom stereocenters. The molecule has 9 heteroatoms. The third-order valence-corrected chi connectivity index (χ3v) is 8.34. The molecule has 1 atom stereocenters. The van der Waals surface area contributed by atoms with Gasteiger partial charge in [-0.05, 0) is 55.4 Å². The van der Waals surface area contributed by atoms with E-state index < -0.39 is 16.0 Å². The molecule has 178 valence electrons. The first-order valence-electron chi connectivity index (χ1n) is 10.9. The summed E-state index contributed by atoms with van der Waals surface area (Å²) < 4.78 is 37.8. The molecule has 0 bridgehead atoms. The molecule has 1 fully saturated rings. The molecule has 2 aromatic carbocycles. The topological polar surface area (TPSA) is 90.0 Å². The highest BCUT2D eigenvalue weighted by Gasteiger charge is 2.35. The number of halogens is 1. The number of ether oxygens (including phenoxy) is 2. The van der Waals surface area contributed by atoms with E-state index in [1.165, 1.54) is 29.6 Å². The maximum Gasteiger partial charge on any atom is 0.337 e. The van der Waals surface area contributed by atoms with Gasteiger partial charge in [0.25, 0.3) is 0 Å². The molecule has 0 amide bonds. The lowest BCUT2D eigenvalue weighted by Gasteiger charge is -2.35. The van der Waals surface area contributed by atoms with E-state index in [2.05, 4.69) is 0 Å². The molecule has 0 radical (unpaired) electrons. The fraction of sp³-hybridized carbons (Fsp3) is 0.417. The molecule has 1 aliphatic heterocycles. The number of carbonyl (C=O) groups excluding carboxylic acids is 2. The summed E-state index contributed by atoms with van der Waals surface area (Å²) in [4.78, 5) is 24.0. The van der Waals surface area contributed by atoms with Crippen molar-refractivity contribution in [2.75, 3.05) is 26.8 Å². The summed E-state index contributed by atoms with van der Waals surface area (Å²) in [5.74, 6) is -0.819. The Morgan fingerprint density at radius 3 is 2.39 bits per heavy atom. The summed E-state index contributed by atoms with van der Waals surface area (Å²) in [6.07, 6.45) is 1.43. The maximum atomic E-state index is 13.3. The maximum absolute atomic E-state index is 13.3. The summed E-state index contributed by atoms with van der Waals surface area (Å²) in [6, 6.07) is 13.8. The highest BCUT2D eigenvalue weighted by molar-refractivity contribution is 7.89. The second kappa shape index (κ2) is 11.1. The van der Waals surface area contributed by atoms with Crippen LogP contribution in [0, 0.1) is 5.92 Å². The zero-order valence-corrected chi connectivity index (χ0v) is 20.3. The third-order valence-electron chi connectivity index (χ3n) is 5.96. The zero-order chi connectivity index (χ0) is 24.0. The molecule has 0 N–H and O–H groups in total. The monoisotopic (exact) mass is 493 g/mol. The van der Waals surface area contributed by atoms with Crippen molar-refractivity contribution in [3.8, 4) is 0 Å². The van der Waals surface area contributed by atoms with Crippen LogP contribution in [0.3, 0.4) is 0 Å². The van der Waals surface area contributed by atoms with Gasteiger partial charge in [-0.25, -0.2) is 13.2 Å². The van der Waals surface area contributed by atoms with Gasteiger partial charge >= 0.3 is 11.9 Å². The van der Waals surface area contributed by atoms with Gasteiger partial charge in [0.15, 0.2) is 0 Å². The molecule has 0 saturated carbocycles. The van der Waals surface area contributed by atoms with E-state index in [9.17, 15) is 18.0 Å². The summed E-state index contributed by atoms with van der Waals surface area (Å²) in [7, 11) is -2.67. The highest BCUT2D eigenvalue weighted by atomic mass is 35.5. The Bertz CT molecular complexity index is 1080. The van der Waals surface area contributed by atoms with E-state index >= 15 is 0 Å². The van der Waals surface area contributed by atoms with Crippen LogP contribution < -0.4 is 0 Å². The van der Waals surface area contributed by atoms with E-state index in [0.29, 0.717) is 19.4 Å². The summed E-state index contributed by atoms with van der Waals surface area (Å²) in [5.41, 5.74) is 1.16. The van der Waals surface area contributed by atoms with E-state index in [1.54, 1.807) is 6.92 Å². The van der Waals surface area contributed by atoms with Crippen LogP contribution in [0.25, 0.3) is 0 Å². The Kier molecular flexibility index (Phi) is 8.51. The lowest BCUT2D eigenvalue weighted by molar-refractivity contribution is -0.144. The van der Waals surface area contributed by atoms with E-state index in [0.717, 1.165) is 5.56 Å². The quantitative estimate of drug-likeness (QED) is 0.510. The molecule has 1 heterocycles. The molecular weight excluding hydrogens is 466 g/mol. The molecule has 0 spiro atoms. The lowest BCUT2D eigenvalue weighted by Crippen LogP contribution is -2.40. The number of esters is 2. The predicted octanol–water partition coefficient (Wildman–Crippen LogP) is 4.26. The van der Waals surface area contributed by atoms with Crippen molar-refractivity contribution in [2.24, 2.45) is 5.92 Å². The number of piperidine rings is 1. The van der Waals surface area contributed by atoms with Crippen LogP contribution in [0.15, 0.2) is 53.4 Å². The van der Waals surface area contributed by atoms with Crippen molar-refractivity contribution < 1.29 is 27.5 Å². The number of methoxy groups -OCH3 is 1. The fourth-order valence-corrected chi connectivity index (χ4v) is 6.23. The average Bonchev–Trinajstić information content (AvgIpc) is 2.83. The van der Waals surface area contributed by atoms with Crippen molar-refractivity contribution in [2.45, 2.75) is 37.0 Å². The summed E-state index contributed by atoms with van der Waals surface area (Å²) in [6.45, 7) is 2.68. The van der Waals surface area contributed by atoms with Crippen molar-refractivity contribution in [3.63, 3.8) is 0 Å². The first-order chi connectivity index (χ1) is 15.8. The Hall–Kier alpha value is -2.42. The van der Waals surface area contributed by atoms with E-state index in [1.807, 2.05) is 30.3 Å². The second-order valence-electron chi connectivity index (χ2n) is 7.90. The lowest BCUT2D eigenvalue weighted by atomic mass is 9.78. The fourth-order valence-electron chi connectivity index (χ4n) is 4.26. The van der Waals surface area contributed by atoms with E-state index in [-0.39, 0.29) is 52.8 Å². The van der Waals surface area contributed by atoms with Crippen LogP contribution in [0.2, 0.25) is 5.02 Å². The molecule has 1 aliphatic rings. The van der Waals surface area contributed by atoms with Crippen molar-refractivity contribution in [1.29, 1.82) is 0 Å². The largest absolute Gasteiger partial charge is 0.466 e. The SMILES string of the molecule is CCOC(=O)CC(c1ccccc1)C1CCN(S(=O)(=O)c2cc(C(=O)OC)ccc2Cl)CC1. The van der Waals surface area contributed by atoms with Crippen LogP contribution in [0.1, 0.15) is 48.0 Å². The van der Waals surface area contributed by atoms with E-state index in [4.69, 9.17) is 21.1 Å². The molecule has 1 saturated heterocycles. The van der Waals surface area contributed by atoms with Gasteiger partial charge in [0, 0.05) is 13.1 Å². The third kappa shape index (κ3) is 5.93. The number of sulfonamides is 1. The number of hydrogen-bond acceptors (Lipinski definition) is 6. The highest BCUT2D eigenvalue weighted by Crippen LogP contribution is 2.37.